The van der Waals surface area contributed by atoms with E-state index in [9.17, 15) is 18.0 Å². The Labute approximate surface area is 83.1 Å². The SMILES string of the molecule is N#Cc1ccc(NC=O)c(C(F)(F)F)c1. The third kappa shape index (κ3) is 2.47. The zero-order chi connectivity index (χ0) is 11.5. The maximum atomic E-state index is 12.4. The number of benzene rings is 1. The van der Waals surface area contributed by atoms with E-state index in [1.165, 1.54) is 6.07 Å². The molecule has 1 amide bonds. The largest absolute Gasteiger partial charge is 0.418 e. The summed E-state index contributed by atoms with van der Waals surface area (Å²) >= 11 is 0. The molecular formula is C9H5F3N2O. The second-order valence-electron chi connectivity index (χ2n) is 2.63. The molecule has 0 spiro atoms. The summed E-state index contributed by atoms with van der Waals surface area (Å²) in [5.41, 5.74) is -1.51. The molecule has 1 N–H and O–H groups in total. The van der Waals surface area contributed by atoms with E-state index in [2.05, 4.69) is 0 Å². The minimum Gasteiger partial charge on any atom is -0.328 e. The zero-order valence-corrected chi connectivity index (χ0v) is 7.30. The molecule has 0 aliphatic carbocycles. The van der Waals surface area contributed by atoms with Crippen LogP contribution in [0.5, 0.6) is 0 Å². The van der Waals surface area contributed by atoms with Crippen molar-refractivity contribution in [2.45, 2.75) is 6.18 Å². The fraction of sp³-hybridized carbons (Fsp3) is 0.111. The van der Waals surface area contributed by atoms with Gasteiger partial charge >= 0.3 is 6.18 Å². The summed E-state index contributed by atoms with van der Waals surface area (Å²) in [5.74, 6) is 0. The van der Waals surface area contributed by atoms with Crippen LogP contribution in [0.4, 0.5) is 18.9 Å². The molecule has 3 nitrogen and oxygen atoms in total. The lowest BCUT2D eigenvalue weighted by Crippen LogP contribution is -2.10. The number of nitrogens with zero attached hydrogens (tertiary/aromatic N) is 1. The van der Waals surface area contributed by atoms with Gasteiger partial charge in [0.15, 0.2) is 0 Å². The summed E-state index contributed by atoms with van der Waals surface area (Å²) in [7, 11) is 0. The van der Waals surface area contributed by atoms with Crippen LogP contribution in [0.2, 0.25) is 0 Å². The van der Waals surface area contributed by atoms with E-state index in [4.69, 9.17) is 5.26 Å². The first-order chi connectivity index (χ1) is 6.99. The molecule has 0 unspecified atom stereocenters. The Balaban J connectivity index is 3.30. The van der Waals surface area contributed by atoms with Gasteiger partial charge in [0.1, 0.15) is 0 Å². The fourth-order valence-corrected chi connectivity index (χ4v) is 1.04. The highest BCUT2D eigenvalue weighted by atomic mass is 19.4. The second-order valence-corrected chi connectivity index (χ2v) is 2.63. The van der Waals surface area contributed by atoms with Crippen molar-refractivity contribution < 1.29 is 18.0 Å². The molecule has 0 bridgehead atoms. The highest BCUT2D eigenvalue weighted by Gasteiger charge is 2.33. The highest BCUT2D eigenvalue weighted by molar-refractivity contribution is 5.74. The van der Waals surface area contributed by atoms with Crippen LogP contribution in [0.3, 0.4) is 0 Å². The number of carbonyl (C=O) groups is 1. The second kappa shape index (κ2) is 4.00. The lowest BCUT2D eigenvalue weighted by molar-refractivity contribution is -0.136. The molecule has 0 aromatic heterocycles. The van der Waals surface area contributed by atoms with Crippen molar-refractivity contribution in [3.05, 3.63) is 29.3 Å². The van der Waals surface area contributed by atoms with E-state index in [1.54, 1.807) is 6.07 Å². The zero-order valence-electron chi connectivity index (χ0n) is 7.30. The van der Waals surface area contributed by atoms with Gasteiger partial charge in [0.25, 0.3) is 0 Å². The first-order valence-corrected chi connectivity index (χ1v) is 3.80. The van der Waals surface area contributed by atoms with Gasteiger partial charge in [0, 0.05) is 0 Å². The number of rotatable bonds is 2. The van der Waals surface area contributed by atoms with Crippen molar-refractivity contribution in [1.29, 1.82) is 5.26 Å². The molecule has 1 aromatic carbocycles. The summed E-state index contributed by atoms with van der Waals surface area (Å²) in [5, 5.41) is 10.4. The van der Waals surface area contributed by atoms with Gasteiger partial charge in [-0.2, -0.15) is 18.4 Å². The number of halogens is 3. The van der Waals surface area contributed by atoms with Crippen LogP contribution >= 0.6 is 0 Å². The van der Waals surface area contributed by atoms with Gasteiger partial charge in [0.05, 0.1) is 22.9 Å². The minimum atomic E-state index is -4.60. The molecule has 0 saturated carbocycles. The summed E-state index contributed by atoms with van der Waals surface area (Å²) in [6, 6.07) is 4.51. The quantitative estimate of drug-likeness (QED) is 0.767. The molecule has 0 aliphatic heterocycles. The molecule has 0 radical (unpaired) electrons. The first-order valence-electron chi connectivity index (χ1n) is 3.80. The predicted octanol–water partition coefficient (Wildman–Crippen LogP) is 2.15. The Morgan fingerprint density at radius 2 is 2.07 bits per heavy atom. The van der Waals surface area contributed by atoms with Crippen molar-refractivity contribution >= 4 is 12.1 Å². The maximum absolute atomic E-state index is 12.4. The first kappa shape index (κ1) is 11.0. The normalized spacial score (nSPS) is 10.5. The molecule has 78 valence electrons. The lowest BCUT2D eigenvalue weighted by Gasteiger charge is -2.11. The average molecular weight is 214 g/mol. The number of nitriles is 1. The molecule has 15 heavy (non-hydrogen) atoms. The van der Waals surface area contributed by atoms with Gasteiger partial charge in [-0.25, -0.2) is 0 Å². The third-order valence-corrected chi connectivity index (χ3v) is 1.67. The van der Waals surface area contributed by atoms with Crippen molar-refractivity contribution in [1.82, 2.24) is 0 Å². The van der Waals surface area contributed by atoms with Gasteiger partial charge in [-0.1, -0.05) is 0 Å². The Bertz CT molecular complexity index is 420. The van der Waals surface area contributed by atoms with Gasteiger partial charge in [0.2, 0.25) is 6.41 Å². The Hall–Kier alpha value is -2.03. The van der Waals surface area contributed by atoms with Crippen LogP contribution in [-0.4, -0.2) is 6.41 Å². The summed E-state index contributed by atoms with van der Waals surface area (Å²) < 4.78 is 37.3. The molecule has 0 fully saturated rings. The topological polar surface area (TPSA) is 52.9 Å². The van der Waals surface area contributed by atoms with E-state index in [0.717, 1.165) is 6.07 Å². The molecule has 0 aliphatic rings. The standard InChI is InChI=1S/C9H5F3N2O/c10-9(11,12)7-3-6(4-13)1-2-8(7)14-5-15/h1-3,5H,(H,14,15). The van der Waals surface area contributed by atoms with E-state index in [-0.39, 0.29) is 17.7 Å². The Kier molecular flexibility index (Phi) is 2.95. The van der Waals surface area contributed by atoms with Crippen molar-refractivity contribution in [3.63, 3.8) is 0 Å². The van der Waals surface area contributed by atoms with Crippen LogP contribution in [0.15, 0.2) is 18.2 Å². The molecule has 0 atom stereocenters. The van der Waals surface area contributed by atoms with Crippen molar-refractivity contribution in [2.24, 2.45) is 0 Å². The number of nitrogens with one attached hydrogen (secondary N) is 1. The number of carbonyl (C=O) groups excluding carboxylic acids is 1. The van der Waals surface area contributed by atoms with Crippen molar-refractivity contribution in [3.8, 4) is 6.07 Å². The molecule has 0 saturated heterocycles. The van der Waals surface area contributed by atoms with Crippen LogP contribution in [-0.2, 0) is 11.0 Å². The smallest absolute Gasteiger partial charge is 0.328 e. The number of amides is 1. The van der Waals surface area contributed by atoms with Gasteiger partial charge in [-0.15, -0.1) is 0 Å². The molecule has 6 heteroatoms. The van der Waals surface area contributed by atoms with E-state index >= 15 is 0 Å². The maximum Gasteiger partial charge on any atom is 0.418 e. The molecular weight excluding hydrogens is 209 g/mol. The van der Waals surface area contributed by atoms with Gasteiger partial charge in [-0.05, 0) is 18.2 Å². The van der Waals surface area contributed by atoms with Crippen LogP contribution in [0.1, 0.15) is 11.1 Å². The van der Waals surface area contributed by atoms with E-state index in [1.807, 2.05) is 5.32 Å². The minimum absolute atomic E-state index is 0.112. The monoisotopic (exact) mass is 214 g/mol. The number of alkyl halides is 3. The van der Waals surface area contributed by atoms with Gasteiger partial charge < -0.3 is 5.32 Å². The number of anilines is 1. The van der Waals surface area contributed by atoms with E-state index < -0.39 is 11.7 Å². The summed E-state index contributed by atoms with van der Waals surface area (Å²) in [6.07, 6.45) is -4.45. The lowest BCUT2D eigenvalue weighted by atomic mass is 10.1. The predicted molar refractivity (Wildman–Crippen MR) is 45.8 cm³/mol. The van der Waals surface area contributed by atoms with Crippen LogP contribution in [0, 0.1) is 11.3 Å². The fourth-order valence-electron chi connectivity index (χ4n) is 1.04. The Morgan fingerprint density at radius 3 is 2.53 bits per heavy atom. The Morgan fingerprint density at radius 1 is 1.40 bits per heavy atom. The highest BCUT2D eigenvalue weighted by Crippen LogP contribution is 2.35. The summed E-state index contributed by atoms with van der Waals surface area (Å²) in [4.78, 5) is 10.1. The number of hydrogen-bond acceptors (Lipinski definition) is 2. The van der Waals surface area contributed by atoms with Crippen LogP contribution < -0.4 is 5.32 Å². The van der Waals surface area contributed by atoms with Gasteiger partial charge in [-0.3, -0.25) is 4.79 Å². The van der Waals surface area contributed by atoms with Crippen molar-refractivity contribution in [2.75, 3.05) is 5.32 Å². The van der Waals surface area contributed by atoms with Crippen LogP contribution in [0.25, 0.3) is 0 Å². The number of hydrogen-bond donors (Lipinski definition) is 1. The molecule has 1 rings (SSSR count). The molecule has 1 aromatic rings. The summed E-state index contributed by atoms with van der Waals surface area (Å²) in [6.45, 7) is 0. The third-order valence-electron chi connectivity index (χ3n) is 1.67. The molecule has 0 heterocycles. The van der Waals surface area contributed by atoms with E-state index in [0.29, 0.717) is 6.07 Å². The average Bonchev–Trinajstić information content (AvgIpc) is 2.17.